The summed E-state index contributed by atoms with van der Waals surface area (Å²) in [6, 6.07) is 23.4. The molecular formula is C26H28Si2. The highest BCUT2D eigenvalue weighted by molar-refractivity contribution is 6.91. The standard InChI is InChI=1S/C26H28Si2/c1-27(2,3)22-16-14-20-18-9-7-8-10-19(18)26-23(28(4,5)6)15-12-17-11-13-21(22)25(20)24(17)26/h7-16H,1-6H3. The van der Waals surface area contributed by atoms with Crippen LogP contribution in [0.3, 0.4) is 0 Å². The second-order valence-electron chi connectivity index (χ2n) is 10.3. The molecule has 0 aromatic heterocycles. The lowest BCUT2D eigenvalue weighted by Gasteiger charge is -2.26. The predicted octanol–water partition coefficient (Wildman–Crippen LogP) is 6.83. The lowest BCUT2D eigenvalue weighted by Crippen LogP contribution is -2.39. The van der Waals surface area contributed by atoms with Crippen molar-refractivity contribution < 1.29 is 0 Å². The van der Waals surface area contributed by atoms with Crippen LogP contribution in [0.4, 0.5) is 0 Å². The number of fused-ring (bicyclic) bond motifs is 3. The van der Waals surface area contributed by atoms with Crippen molar-refractivity contribution in [2.45, 2.75) is 39.3 Å². The Balaban J connectivity index is 2.18. The van der Waals surface area contributed by atoms with Gasteiger partial charge in [-0.25, -0.2) is 0 Å². The molecule has 140 valence electrons. The van der Waals surface area contributed by atoms with Crippen LogP contribution in [0.1, 0.15) is 0 Å². The first-order valence-corrected chi connectivity index (χ1v) is 17.3. The number of benzene rings is 5. The van der Waals surface area contributed by atoms with Crippen molar-refractivity contribution in [2.75, 3.05) is 0 Å². The van der Waals surface area contributed by atoms with Crippen molar-refractivity contribution in [1.82, 2.24) is 0 Å². The third kappa shape index (κ3) is 2.41. The Kier molecular flexibility index (Phi) is 3.63. The zero-order chi connectivity index (χ0) is 19.8. The van der Waals surface area contributed by atoms with Crippen LogP contribution in [-0.2, 0) is 0 Å². The smallest absolute Gasteiger partial charge is 0.0656 e. The normalized spacial score (nSPS) is 13.4. The van der Waals surface area contributed by atoms with E-state index in [9.17, 15) is 0 Å². The topological polar surface area (TPSA) is 0 Å². The number of hydrogen-bond acceptors (Lipinski definition) is 0. The highest BCUT2D eigenvalue weighted by Gasteiger charge is 2.26. The molecule has 0 saturated carbocycles. The van der Waals surface area contributed by atoms with E-state index < -0.39 is 16.1 Å². The minimum Gasteiger partial charge on any atom is -0.0656 e. The third-order valence-electron chi connectivity index (χ3n) is 6.27. The molecule has 2 heteroatoms. The number of hydrogen-bond donors (Lipinski definition) is 0. The van der Waals surface area contributed by atoms with Gasteiger partial charge in [0.1, 0.15) is 0 Å². The first-order valence-electron chi connectivity index (χ1n) is 10.3. The summed E-state index contributed by atoms with van der Waals surface area (Å²) >= 11 is 0. The summed E-state index contributed by atoms with van der Waals surface area (Å²) in [4.78, 5) is 0. The van der Waals surface area contributed by atoms with Crippen molar-refractivity contribution in [3.05, 3.63) is 60.7 Å². The van der Waals surface area contributed by atoms with Gasteiger partial charge in [-0.05, 0) is 43.1 Å². The van der Waals surface area contributed by atoms with E-state index in [2.05, 4.69) is 99.9 Å². The van der Waals surface area contributed by atoms with Gasteiger partial charge in [0, 0.05) is 0 Å². The van der Waals surface area contributed by atoms with Gasteiger partial charge in [0.05, 0.1) is 16.1 Å². The fourth-order valence-corrected chi connectivity index (χ4v) is 8.17. The summed E-state index contributed by atoms with van der Waals surface area (Å²) in [6.07, 6.45) is 0. The van der Waals surface area contributed by atoms with Crippen molar-refractivity contribution >= 4 is 69.6 Å². The molecular weight excluding hydrogens is 368 g/mol. The molecule has 5 rings (SSSR count). The summed E-state index contributed by atoms with van der Waals surface area (Å²) < 4.78 is 0. The molecule has 0 saturated heterocycles. The van der Waals surface area contributed by atoms with Crippen molar-refractivity contribution in [1.29, 1.82) is 0 Å². The molecule has 0 spiro atoms. The van der Waals surface area contributed by atoms with Gasteiger partial charge in [0.2, 0.25) is 0 Å². The van der Waals surface area contributed by atoms with Crippen LogP contribution in [0, 0.1) is 0 Å². The van der Waals surface area contributed by atoms with Gasteiger partial charge in [0.15, 0.2) is 0 Å². The summed E-state index contributed by atoms with van der Waals surface area (Å²) in [5, 5.41) is 14.8. The van der Waals surface area contributed by atoms with E-state index >= 15 is 0 Å². The first kappa shape index (κ1) is 17.9. The van der Waals surface area contributed by atoms with E-state index in [1.54, 1.807) is 10.4 Å². The van der Waals surface area contributed by atoms with Crippen LogP contribution in [0.2, 0.25) is 39.3 Å². The van der Waals surface area contributed by atoms with E-state index in [0.29, 0.717) is 0 Å². The Morgan fingerprint density at radius 1 is 0.429 bits per heavy atom. The second kappa shape index (κ2) is 5.68. The summed E-state index contributed by atoms with van der Waals surface area (Å²) in [7, 11) is -2.92. The van der Waals surface area contributed by atoms with Crippen LogP contribution in [0.25, 0.3) is 43.1 Å². The van der Waals surface area contributed by atoms with Crippen LogP contribution >= 0.6 is 0 Å². The number of rotatable bonds is 2. The Labute approximate surface area is 169 Å². The van der Waals surface area contributed by atoms with Gasteiger partial charge in [0.25, 0.3) is 0 Å². The Morgan fingerprint density at radius 2 is 0.964 bits per heavy atom. The molecule has 0 amide bonds. The van der Waals surface area contributed by atoms with E-state index in [1.165, 1.54) is 43.1 Å². The van der Waals surface area contributed by atoms with E-state index in [1.807, 2.05) is 0 Å². The average molecular weight is 397 g/mol. The van der Waals surface area contributed by atoms with Crippen molar-refractivity contribution in [3.8, 4) is 0 Å². The van der Waals surface area contributed by atoms with Crippen LogP contribution in [0.15, 0.2) is 60.7 Å². The van der Waals surface area contributed by atoms with E-state index in [4.69, 9.17) is 0 Å². The van der Waals surface area contributed by atoms with Crippen molar-refractivity contribution in [2.24, 2.45) is 0 Å². The lowest BCUT2D eigenvalue weighted by atomic mass is 9.89. The van der Waals surface area contributed by atoms with Crippen LogP contribution in [-0.4, -0.2) is 16.1 Å². The molecule has 28 heavy (non-hydrogen) atoms. The summed E-state index contributed by atoms with van der Waals surface area (Å²) in [5.41, 5.74) is 0. The summed E-state index contributed by atoms with van der Waals surface area (Å²) in [6.45, 7) is 14.8. The molecule has 5 aromatic carbocycles. The molecule has 0 N–H and O–H groups in total. The zero-order valence-corrected chi connectivity index (χ0v) is 19.8. The fraction of sp³-hybridized carbons (Fsp3) is 0.231. The van der Waals surface area contributed by atoms with Gasteiger partial charge in [-0.3, -0.25) is 0 Å². The molecule has 0 bridgehead atoms. The molecule has 0 atom stereocenters. The Morgan fingerprint density at radius 3 is 1.64 bits per heavy atom. The zero-order valence-electron chi connectivity index (χ0n) is 17.8. The molecule has 0 aliphatic rings. The van der Waals surface area contributed by atoms with Gasteiger partial charge in [-0.15, -0.1) is 0 Å². The Bertz CT molecular complexity index is 1360. The Hall–Kier alpha value is -2.17. The fourth-order valence-electron chi connectivity index (χ4n) is 4.98. The highest BCUT2D eigenvalue weighted by Crippen LogP contribution is 2.40. The molecule has 0 radical (unpaired) electrons. The van der Waals surface area contributed by atoms with Crippen molar-refractivity contribution in [3.63, 3.8) is 0 Å². The molecule has 5 aromatic rings. The van der Waals surface area contributed by atoms with E-state index in [0.717, 1.165) is 0 Å². The van der Waals surface area contributed by atoms with Gasteiger partial charge < -0.3 is 0 Å². The largest absolute Gasteiger partial charge is 0.0784 e. The van der Waals surface area contributed by atoms with Crippen LogP contribution < -0.4 is 10.4 Å². The molecule has 0 heterocycles. The molecule has 0 unspecified atom stereocenters. The maximum atomic E-state index is 2.47. The minimum atomic E-state index is -1.48. The molecule has 0 nitrogen and oxygen atoms in total. The SMILES string of the molecule is C[Si](C)(C)c1ccc2c3ccccc3c3c([Si](C)(C)C)ccc4ccc1c2c43. The van der Waals surface area contributed by atoms with Gasteiger partial charge in [-0.1, -0.05) is 110 Å². The van der Waals surface area contributed by atoms with Gasteiger partial charge in [-0.2, -0.15) is 0 Å². The molecule has 0 aliphatic heterocycles. The predicted molar refractivity (Wildman–Crippen MR) is 134 cm³/mol. The maximum absolute atomic E-state index is 2.47. The maximum Gasteiger partial charge on any atom is 0.0784 e. The average Bonchev–Trinajstić information content (AvgIpc) is 2.64. The highest BCUT2D eigenvalue weighted by atomic mass is 28.3. The van der Waals surface area contributed by atoms with Crippen LogP contribution in [0.5, 0.6) is 0 Å². The first-order chi connectivity index (χ1) is 13.2. The monoisotopic (exact) mass is 396 g/mol. The minimum absolute atomic E-state index is 1.38. The third-order valence-corrected chi connectivity index (χ3v) is 10.3. The summed E-state index contributed by atoms with van der Waals surface area (Å²) in [5.74, 6) is 0. The van der Waals surface area contributed by atoms with Gasteiger partial charge >= 0.3 is 0 Å². The quantitative estimate of drug-likeness (QED) is 0.174. The van der Waals surface area contributed by atoms with E-state index in [-0.39, 0.29) is 0 Å². The molecule has 0 aliphatic carbocycles. The molecule has 0 fully saturated rings. The lowest BCUT2D eigenvalue weighted by molar-refractivity contribution is 1.72. The second-order valence-corrected chi connectivity index (χ2v) is 20.4.